The molecule has 1 N–H and O–H groups in total. The first kappa shape index (κ1) is 20.1. The fourth-order valence-corrected chi connectivity index (χ4v) is 4.13. The number of nitrogens with zero attached hydrogens (tertiary/aromatic N) is 2. The summed E-state index contributed by atoms with van der Waals surface area (Å²) in [5, 5.41) is 2.93. The van der Waals surface area contributed by atoms with Gasteiger partial charge in [0.1, 0.15) is 11.4 Å². The van der Waals surface area contributed by atoms with Crippen molar-refractivity contribution in [1.82, 2.24) is 9.55 Å². The van der Waals surface area contributed by atoms with Crippen LogP contribution in [0.4, 0.5) is 14.5 Å². The normalized spacial score (nSPS) is 11.9. The zero-order chi connectivity index (χ0) is 20.5. The molecular formula is C17H15F2N3O4S2. The topological polar surface area (TPSA) is 98.1 Å². The summed E-state index contributed by atoms with van der Waals surface area (Å²) >= 11 is 1.42. The summed E-state index contributed by atoms with van der Waals surface area (Å²) in [6, 6.07) is 6.11. The van der Waals surface area contributed by atoms with E-state index in [2.05, 4.69) is 10.3 Å². The molecule has 1 amide bonds. The third-order valence-corrected chi connectivity index (χ3v) is 6.52. The van der Waals surface area contributed by atoms with Crippen molar-refractivity contribution >= 4 is 43.0 Å². The summed E-state index contributed by atoms with van der Waals surface area (Å²) in [5.41, 5.74) is -0.126. The molecule has 0 spiro atoms. The lowest BCUT2D eigenvalue weighted by Gasteiger charge is -2.08. The highest BCUT2D eigenvalue weighted by Gasteiger charge is 2.26. The minimum absolute atomic E-state index is 0.212. The Kier molecular flexibility index (Phi) is 5.57. The molecule has 0 radical (unpaired) electrons. The quantitative estimate of drug-likeness (QED) is 0.652. The van der Waals surface area contributed by atoms with E-state index in [0.717, 1.165) is 23.4 Å². The number of hydrogen-bond acceptors (Lipinski definition) is 6. The van der Waals surface area contributed by atoms with Crippen molar-refractivity contribution in [3.8, 4) is 0 Å². The standard InChI is InChI=1S/C17H15F2N3O4S2/c1-2-11-7-13-15(27-11)20-9-22(16(13)24)8-14(23)21-10-3-5-12(6-4-10)28(25,26)17(18)19/h3-7,9,17H,2,8H2,1H3,(H,21,23). The van der Waals surface area contributed by atoms with Gasteiger partial charge in [0.15, 0.2) is 0 Å². The lowest BCUT2D eigenvalue weighted by atomic mass is 10.3. The summed E-state index contributed by atoms with van der Waals surface area (Å²) in [6.45, 7) is 1.67. The predicted octanol–water partition coefficient (Wildman–Crippen LogP) is 2.66. The van der Waals surface area contributed by atoms with Crippen LogP contribution in [0.25, 0.3) is 10.2 Å². The molecule has 7 nitrogen and oxygen atoms in total. The van der Waals surface area contributed by atoms with E-state index in [0.29, 0.717) is 10.2 Å². The number of sulfone groups is 1. The Hall–Kier alpha value is -2.66. The van der Waals surface area contributed by atoms with Gasteiger partial charge in [0.05, 0.1) is 16.6 Å². The van der Waals surface area contributed by atoms with Crippen LogP contribution in [0, 0.1) is 0 Å². The van der Waals surface area contributed by atoms with Gasteiger partial charge in [0, 0.05) is 10.6 Å². The van der Waals surface area contributed by atoms with E-state index in [1.165, 1.54) is 34.4 Å². The molecule has 28 heavy (non-hydrogen) atoms. The third-order valence-electron chi connectivity index (χ3n) is 3.93. The van der Waals surface area contributed by atoms with Crippen molar-refractivity contribution in [3.05, 3.63) is 51.9 Å². The van der Waals surface area contributed by atoms with Crippen molar-refractivity contribution in [2.45, 2.75) is 30.5 Å². The Morgan fingerprint density at radius 1 is 1.29 bits per heavy atom. The molecule has 11 heteroatoms. The molecule has 0 aliphatic heterocycles. The molecule has 0 atom stereocenters. The monoisotopic (exact) mass is 427 g/mol. The van der Waals surface area contributed by atoms with Crippen molar-refractivity contribution in [2.24, 2.45) is 0 Å². The summed E-state index contributed by atoms with van der Waals surface area (Å²) in [4.78, 5) is 29.9. The number of alkyl halides is 2. The fraction of sp³-hybridized carbons (Fsp3) is 0.235. The second kappa shape index (κ2) is 7.76. The molecule has 0 fully saturated rings. The molecule has 148 valence electrons. The lowest BCUT2D eigenvalue weighted by Crippen LogP contribution is -2.27. The number of fused-ring (bicyclic) bond motifs is 1. The minimum atomic E-state index is -4.70. The van der Waals surface area contributed by atoms with Crippen molar-refractivity contribution in [3.63, 3.8) is 0 Å². The van der Waals surface area contributed by atoms with Gasteiger partial charge in [-0.05, 0) is 36.8 Å². The van der Waals surface area contributed by atoms with Gasteiger partial charge in [-0.1, -0.05) is 6.92 Å². The van der Waals surface area contributed by atoms with Crippen LogP contribution in [0.15, 0.2) is 46.3 Å². The van der Waals surface area contributed by atoms with Crippen LogP contribution < -0.4 is 10.9 Å². The van der Waals surface area contributed by atoms with Crippen LogP contribution >= 0.6 is 11.3 Å². The maximum absolute atomic E-state index is 12.5. The number of anilines is 1. The van der Waals surface area contributed by atoms with Crippen LogP contribution in [0.3, 0.4) is 0 Å². The number of carbonyl (C=O) groups is 1. The minimum Gasteiger partial charge on any atom is -0.325 e. The number of aromatic nitrogens is 2. The molecule has 1 aromatic carbocycles. The highest BCUT2D eigenvalue weighted by molar-refractivity contribution is 7.91. The van der Waals surface area contributed by atoms with Gasteiger partial charge >= 0.3 is 5.76 Å². The van der Waals surface area contributed by atoms with Gasteiger partial charge in [0.2, 0.25) is 15.7 Å². The van der Waals surface area contributed by atoms with E-state index >= 15 is 0 Å². The number of amides is 1. The van der Waals surface area contributed by atoms with Gasteiger partial charge in [-0.3, -0.25) is 14.2 Å². The second-order valence-corrected chi connectivity index (χ2v) is 8.87. The number of thiophene rings is 1. The maximum atomic E-state index is 12.5. The van der Waals surface area contributed by atoms with Crippen LogP contribution in [-0.4, -0.2) is 29.6 Å². The Labute approximate surface area is 162 Å². The summed E-state index contributed by atoms with van der Waals surface area (Å²) in [7, 11) is -4.70. The Morgan fingerprint density at radius 3 is 2.57 bits per heavy atom. The van der Waals surface area contributed by atoms with Gasteiger partial charge in [-0.15, -0.1) is 11.3 Å². The summed E-state index contributed by atoms with van der Waals surface area (Å²) in [6.07, 6.45) is 2.07. The Balaban J connectivity index is 1.75. The maximum Gasteiger partial charge on any atom is 0.341 e. The first-order chi connectivity index (χ1) is 13.2. The molecule has 2 aromatic heterocycles. The van der Waals surface area contributed by atoms with Crippen molar-refractivity contribution in [2.75, 3.05) is 5.32 Å². The molecule has 0 saturated heterocycles. The molecule has 0 bridgehead atoms. The largest absolute Gasteiger partial charge is 0.341 e. The number of aryl methyl sites for hydroxylation is 1. The fourth-order valence-electron chi connectivity index (χ4n) is 2.48. The summed E-state index contributed by atoms with van der Waals surface area (Å²) in [5.74, 6) is -4.06. The van der Waals surface area contributed by atoms with Crippen LogP contribution in [0.1, 0.15) is 11.8 Å². The third kappa shape index (κ3) is 3.94. The smallest absolute Gasteiger partial charge is 0.325 e. The first-order valence-electron chi connectivity index (χ1n) is 8.12. The van der Waals surface area contributed by atoms with Crippen LogP contribution in [-0.2, 0) is 27.6 Å². The van der Waals surface area contributed by atoms with E-state index in [4.69, 9.17) is 0 Å². The number of hydrogen-bond donors (Lipinski definition) is 1. The highest BCUT2D eigenvalue weighted by Crippen LogP contribution is 2.21. The molecule has 3 aromatic rings. The Morgan fingerprint density at radius 2 is 1.96 bits per heavy atom. The van der Waals surface area contributed by atoms with Crippen LogP contribution in [0.5, 0.6) is 0 Å². The van der Waals surface area contributed by atoms with Crippen molar-refractivity contribution < 1.29 is 22.0 Å². The van der Waals surface area contributed by atoms with Gasteiger partial charge < -0.3 is 5.32 Å². The molecule has 0 aliphatic carbocycles. The predicted molar refractivity (Wildman–Crippen MR) is 102 cm³/mol. The van der Waals surface area contributed by atoms with E-state index in [1.54, 1.807) is 6.07 Å². The first-order valence-corrected chi connectivity index (χ1v) is 10.5. The number of benzene rings is 1. The van der Waals surface area contributed by atoms with E-state index in [9.17, 15) is 26.8 Å². The van der Waals surface area contributed by atoms with E-state index in [1.807, 2.05) is 6.92 Å². The average molecular weight is 427 g/mol. The van der Waals surface area contributed by atoms with Gasteiger partial charge in [-0.25, -0.2) is 13.4 Å². The molecule has 0 aliphatic rings. The Bertz CT molecular complexity index is 1190. The van der Waals surface area contributed by atoms with Gasteiger partial charge in [-0.2, -0.15) is 8.78 Å². The molecule has 3 rings (SSSR count). The van der Waals surface area contributed by atoms with E-state index in [-0.39, 0.29) is 17.8 Å². The number of carbonyl (C=O) groups excluding carboxylic acids is 1. The highest BCUT2D eigenvalue weighted by atomic mass is 32.2. The lowest BCUT2D eigenvalue weighted by molar-refractivity contribution is -0.116. The zero-order valence-electron chi connectivity index (χ0n) is 14.6. The van der Waals surface area contributed by atoms with Gasteiger partial charge in [0.25, 0.3) is 5.56 Å². The molecule has 0 unspecified atom stereocenters. The number of nitrogens with one attached hydrogen (secondary N) is 1. The van der Waals surface area contributed by atoms with Crippen LogP contribution in [0.2, 0.25) is 0 Å². The molecule has 2 heterocycles. The number of rotatable bonds is 6. The second-order valence-electron chi connectivity index (χ2n) is 5.84. The molecule has 0 saturated carbocycles. The van der Waals surface area contributed by atoms with Crippen molar-refractivity contribution in [1.29, 1.82) is 0 Å². The SMILES string of the molecule is CCc1cc2c(=O)n(CC(=O)Nc3ccc(S(=O)(=O)C(F)F)cc3)cnc2s1. The molecular weight excluding hydrogens is 412 g/mol. The average Bonchev–Trinajstić information content (AvgIpc) is 3.08. The summed E-state index contributed by atoms with van der Waals surface area (Å²) < 4.78 is 49.0. The number of halogens is 2. The van der Waals surface area contributed by atoms with E-state index < -0.39 is 26.4 Å². The zero-order valence-corrected chi connectivity index (χ0v) is 16.2.